The van der Waals surface area contributed by atoms with Crippen LogP contribution in [0, 0.1) is 5.82 Å². The first-order valence-electron chi connectivity index (χ1n) is 9.13. The summed E-state index contributed by atoms with van der Waals surface area (Å²) in [6, 6.07) is 11.0. The van der Waals surface area contributed by atoms with Crippen molar-refractivity contribution >= 4 is 17.5 Å². The highest BCUT2D eigenvalue weighted by Crippen LogP contribution is 2.22. The lowest BCUT2D eigenvalue weighted by molar-refractivity contribution is 0.0928. The van der Waals surface area contributed by atoms with Gasteiger partial charge in [0.2, 0.25) is 0 Å². The zero-order valence-electron chi connectivity index (χ0n) is 15.3. The van der Waals surface area contributed by atoms with Gasteiger partial charge in [0.05, 0.1) is 18.4 Å². The number of carbonyl (C=O) groups excluding carboxylic acids is 2. The fourth-order valence-electron chi connectivity index (χ4n) is 3.30. The summed E-state index contributed by atoms with van der Waals surface area (Å²) in [6.45, 7) is 0. The predicted octanol–water partition coefficient (Wildman–Crippen LogP) is 4.15. The molecular weight excluding hydrogens is 347 g/mol. The van der Waals surface area contributed by atoms with Gasteiger partial charge in [0.15, 0.2) is 11.6 Å². The molecule has 1 fully saturated rings. The van der Waals surface area contributed by atoms with Crippen LogP contribution < -0.4 is 15.4 Å². The van der Waals surface area contributed by atoms with Crippen LogP contribution in [0.4, 0.5) is 10.1 Å². The molecule has 0 bridgehead atoms. The highest BCUT2D eigenvalue weighted by molar-refractivity contribution is 6.09. The summed E-state index contributed by atoms with van der Waals surface area (Å²) < 4.78 is 18.7. The largest absolute Gasteiger partial charge is 0.494 e. The Balaban J connectivity index is 1.74. The smallest absolute Gasteiger partial charge is 0.255 e. The van der Waals surface area contributed by atoms with Crippen molar-refractivity contribution in [2.24, 2.45) is 0 Å². The van der Waals surface area contributed by atoms with Crippen molar-refractivity contribution in [2.45, 2.75) is 38.1 Å². The molecule has 1 aliphatic carbocycles. The van der Waals surface area contributed by atoms with E-state index in [1.807, 2.05) is 0 Å². The Morgan fingerprint density at radius 3 is 2.48 bits per heavy atom. The molecular formula is C21H23FN2O3. The molecule has 2 amide bonds. The molecule has 0 radical (unpaired) electrons. The van der Waals surface area contributed by atoms with Gasteiger partial charge in [0, 0.05) is 11.6 Å². The lowest BCUT2D eigenvalue weighted by Crippen LogP contribution is -2.36. The minimum Gasteiger partial charge on any atom is -0.494 e. The number of hydrogen-bond acceptors (Lipinski definition) is 3. The number of carbonyl (C=O) groups is 2. The number of methoxy groups -OCH3 is 1. The molecule has 2 aromatic carbocycles. The van der Waals surface area contributed by atoms with E-state index in [2.05, 4.69) is 10.6 Å². The number of hydrogen-bond donors (Lipinski definition) is 2. The Bertz CT molecular complexity index is 832. The summed E-state index contributed by atoms with van der Waals surface area (Å²) in [5, 5.41) is 5.75. The Hall–Kier alpha value is -2.89. The van der Waals surface area contributed by atoms with Crippen molar-refractivity contribution in [2.75, 3.05) is 12.4 Å². The van der Waals surface area contributed by atoms with E-state index in [-0.39, 0.29) is 23.3 Å². The number of rotatable bonds is 5. The highest BCUT2D eigenvalue weighted by atomic mass is 19.1. The van der Waals surface area contributed by atoms with Gasteiger partial charge in [-0.2, -0.15) is 0 Å². The maximum atomic E-state index is 13.8. The molecule has 6 heteroatoms. The van der Waals surface area contributed by atoms with Gasteiger partial charge in [0.25, 0.3) is 11.8 Å². The molecule has 5 nitrogen and oxygen atoms in total. The Kier molecular flexibility index (Phi) is 6.06. The van der Waals surface area contributed by atoms with E-state index in [4.69, 9.17) is 4.74 Å². The average Bonchev–Trinajstić information content (AvgIpc) is 2.69. The topological polar surface area (TPSA) is 67.4 Å². The second-order valence-corrected chi connectivity index (χ2v) is 6.66. The molecule has 2 N–H and O–H groups in total. The van der Waals surface area contributed by atoms with Crippen LogP contribution in [0.15, 0.2) is 42.5 Å². The minimum atomic E-state index is -0.617. The molecule has 3 rings (SSSR count). The maximum Gasteiger partial charge on any atom is 0.255 e. The predicted molar refractivity (Wildman–Crippen MR) is 102 cm³/mol. The van der Waals surface area contributed by atoms with Crippen LogP contribution in [-0.2, 0) is 0 Å². The SMILES string of the molecule is COc1ccc(C(=O)Nc2ccccc2C(=O)NC2CCCCC2)cc1F. The lowest BCUT2D eigenvalue weighted by Gasteiger charge is -2.23. The molecule has 0 spiro atoms. The van der Waals surface area contributed by atoms with Gasteiger partial charge in [0.1, 0.15) is 0 Å². The quantitative estimate of drug-likeness (QED) is 0.831. The molecule has 1 saturated carbocycles. The molecule has 1 aliphatic rings. The number of benzene rings is 2. The van der Waals surface area contributed by atoms with E-state index in [0.29, 0.717) is 11.3 Å². The van der Waals surface area contributed by atoms with Crippen LogP contribution >= 0.6 is 0 Å². The van der Waals surface area contributed by atoms with Gasteiger partial charge in [-0.05, 0) is 43.2 Å². The average molecular weight is 370 g/mol. The molecule has 142 valence electrons. The molecule has 2 aromatic rings. The molecule has 0 unspecified atom stereocenters. The third-order valence-electron chi connectivity index (χ3n) is 4.77. The number of para-hydroxylation sites is 1. The van der Waals surface area contributed by atoms with Gasteiger partial charge in [-0.15, -0.1) is 0 Å². The zero-order chi connectivity index (χ0) is 19.2. The third-order valence-corrected chi connectivity index (χ3v) is 4.77. The van der Waals surface area contributed by atoms with Crippen LogP contribution in [0.5, 0.6) is 5.75 Å². The Morgan fingerprint density at radius 2 is 1.78 bits per heavy atom. The lowest BCUT2D eigenvalue weighted by atomic mass is 9.95. The Morgan fingerprint density at radius 1 is 1.04 bits per heavy atom. The monoisotopic (exact) mass is 370 g/mol. The number of halogens is 1. The second kappa shape index (κ2) is 8.66. The van der Waals surface area contributed by atoms with Gasteiger partial charge in [-0.25, -0.2) is 4.39 Å². The van der Waals surface area contributed by atoms with Crippen LogP contribution in [0.1, 0.15) is 52.8 Å². The summed E-state index contributed by atoms with van der Waals surface area (Å²) >= 11 is 0. The summed E-state index contributed by atoms with van der Waals surface area (Å²) in [7, 11) is 1.36. The third kappa shape index (κ3) is 4.64. The molecule has 0 saturated heterocycles. The van der Waals surface area contributed by atoms with E-state index < -0.39 is 11.7 Å². The number of nitrogens with one attached hydrogen (secondary N) is 2. The van der Waals surface area contributed by atoms with Crippen LogP contribution in [0.2, 0.25) is 0 Å². The molecule has 27 heavy (non-hydrogen) atoms. The molecule has 0 aromatic heterocycles. The fourth-order valence-corrected chi connectivity index (χ4v) is 3.30. The molecule has 0 aliphatic heterocycles. The first-order chi connectivity index (χ1) is 13.1. The summed E-state index contributed by atoms with van der Waals surface area (Å²) in [5.41, 5.74) is 0.938. The molecule has 0 atom stereocenters. The summed E-state index contributed by atoms with van der Waals surface area (Å²) in [4.78, 5) is 25.1. The number of ether oxygens (including phenoxy) is 1. The minimum absolute atomic E-state index is 0.0683. The standard InChI is InChI=1S/C21H23FN2O3/c1-27-19-12-11-14(13-17(19)22)20(25)24-18-10-6-5-9-16(18)21(26)23-15-7-3-2-4-8-15/h5-6,9-13,15H,2-4,7-8H2,1H3,(H,23,26)(H,24,25). The zero-order valence-corrected chi connectivity index (χ0v) is 15.3. The first kappa shape index (κ1) is 18.9. The number of anilines is 1. The highest BCUT2D eigenvalue weighted by Gasteiger charge is 2.19. The fraction of sp³-hybridized carbons (Fsp3) is 0.333. The van der Waals surface area contributed by atoms with Crippen molar-refractivity contribution in [3.8, 4) is 5.75 Å². The van der Waals surface area contributed by atoms with Crippen molar-refractivity contribution in [1.29, 1.82) is 0 Å². The van der Waals surface area contributed by atoms with Gasteiger partial charge < -0.3 is 15.4 Å². The van der Waals surface area contributed by atoms with Gasteiger partial charge in [-0.1, -0.05) is 31.4 Å². The van der Waals surface area contributed by atoms with Gasteiger partial charge >= 0.3 is 0 Å². The van der Waals surface area contributed by atoms with Crippen molar-refractivity contribution in [3.63, 3.8) is 0 Å². The summed E-state index contributed by atoms with van der Waals surface area (Å²) in [6.07, 6.45) is 5.40. The molecule has 0 heterocycles. The second-order valence-electron chi connectivity index (χ2n) is 6.66. The van der Waals surface area contributed by atoms with Gasteiger partial charge in [-0.3, -0.25) is 9.59 Å². The van der Waals surface area contributed by atoms with Crippen molar-refractivity contribution in [3.05, 3.63) is 59.4 Å². The van der Waals surface area contributed by atoms with E-state index in [1.165, 1.54) is 25.7 Å². The maximum absolute atomic E-state index is 13.8. The van der Waals surface area contributed by atoms with E-state index in [1.54, 1.807) is 24.3 Å². The van der Waals surface area contributed by atoms with Crippen LogP contribution in [0.3, 0.4) is 0 Å². The van der Waals surface area contributed by atoms with Crippen LogP contribution in [-0.4, -0.2) is 25.0 Å². The first-order valence-corrected chi connectivity index (χ1v) is 9.13. The normalized spacial score (nSPS) is 14.4. The van der Waals surface area contributed by atoms with E-state index in [9.17, 15) is 14.0 Å². The van der Waals surface area contributed by atoms with E-state index >= 15 is 0 Å². The van der Waals surface area contributed by atoms with E-state index in [0.717, 1.165) is 31.7 Å². The number of amides is 2. The van der Waals surface area contributed by atoms with Crippen molar-refractivity contribution < 1.29 is 18.7 Å². The summed E-state index contributed by atoms with van der Waals surface area (Å²) in [5.74, 6) is -1.25. The van der Waals surface area contributed by atoms with Crippen LogP contribution in [0.25, 0.3) is 0 Å². The Labute approximate surface area is 157 Å². The van der Waals surface area contributed by atoms with Crippen molar-refractivity contribution in [1.82, 2.24) is 5.32 Å².